The highest BCUT2D eigenvalue weighted by Crippen LogP contribution is 2.40. The third-order valence-electron chi connectivity index (χ3n) is 5.63. The van der Waals surface area contributed by atoms with Crippen molar-refractivity contribution in [1.29, 1.82) is 0 Å². The van der Waals surface area contributed by atoms with Gasteiger partial charge in [-0.1, -0.05) is 0 Å². The lowest BCUT2D eigenvalue weighted by Gasteiger charge is -2.33. The molecule has 3 aromatic rings. The molecule has 1 fully saturated rings. The van der Waals surface area contributed by atoms with Crippen LogP contribution in [0.5, 0.6) is 0 Å². The van der Waals surface area contributed by atoms with E-state index in [0.717, 1.165) is 38.5 Å². The Morgan fingerprint density at radius 1 is 1.12 bits per heavy atom. The molecule has 4 heterocycles. The van der Waals surface area contributed by atoms with Crippen molar-refractivity contribution >= 4 is 27.4 Å². The molecule has 0 saturated carbocycles. The summed E-state index contributed by atoms with van der Waals surface area (Å²) in [5, 5.41) is 1.35. The minimum atomic E-state index is 0.902. The number of anilines is 1. The van der Waals surface area contributed by atoms with Gasteiger partial charge in [0.1, 0.15) is 23.0 Å². The number of nitrogens with one attached hydrogen (secondary N) is 1. The standard InChI is InChI=1S/C20H23N5S/c1-14-22-19(18-16-3-2-4-17(16)26-20(18)23-14)25-11-9-24(10-12-25)13-15-5-7-21-8-6-15/h5-8H,2-4,9-13H2,1H3/p+1. The number of aryl methyl sites for hydroxylation is 3. The third-order valence-corrected chi connectivity index (χ3v) is 6.82. The summed E-state index contributed by atoms with van der Waals surface area (Å²) in [7, 11) is 0. The van der Waals surface area contributed by atoms with E-state index in [9.17, 15) is 0 Å². The second-order valence-electron chi connectivity index (χ2n) is 7.40. The molecular formula is C20H24N5S+. The number of nitrogens with zero attached hydrogens (tertiary/aromatic N) is 4. The quantitative estimate of drug-likeness (QED) is 0.768. The molecule has 0 bridgehead atoms. The highest BCUT2D eigenvalue weighted by atomic mass is 32.1. The molecule has 0 unspecified atom stereocenters. The van der Waals surface area contributed by atoms with Gasteiger partial charge in [-0.25, -0.2) is 9.97 Å². The Balaban J connectivity index is 1.38. The average molecular weight is 367 g/mol. The van der Waals surface area contributed by atoms with Crippen LogP contribution >= 0.6 is 11.3 Å². The third kappa shape index (κ3) is 2.87. The van der Waals surface area contributed by atoms with Crippen LogP contribution in [0.1, 0.15) is 28.2 Å². The molecule has 1 saturated heterocycles. The first-order valence-electron chi connectivity index (χ1n) is 9.54. The van der Waals surface area contributed by atoms with Crippen LogP contribution in [0, 0.1) is 6.92 Å². The van der Waals surface area contributed by atoms with Crippen molar-refractivity contribution in [2.24, 2.45) is 0 Å². The molecule has 134 valence electrons. The second-order valence-corrected chi connectivity index (χ2v) is 8.48. The van der Waals surface area contributed by atoms with E-state index in [1.54, 1.807) is 9.78 Å². The smallest absolute Gasteiger partial charge is 0.141 e. The Hall–Kier alpha value is -2.05. The van der Waals surface area contributed by atoms with Crippen LogP contribution in [-0.2, 0) is 19.4 Å². The summed E-state index contributed by atoms with van der Waals surface area (Å²) in [4.78, 5) is 20.6. The van der Waals surface area contributed by atoms with Gasteiger partial charge in [0.25, 0.3) is 0 Å². The monoisotopic (exact) mass is 366 g/mol. The number of aromatic nitrogens is 3. The summed E-state index contributed by atoms with van der Waals surface area (Å²) in [6.45, 7) is 7.55. The Kier molecular flexibility index (Phi) is 4.10. The second kappa shape index (κ2) is 6.59. The molecule has 0 aromatic carbocycles. The first-order valence-corrected chi connectivity index (χ1v) is 10.4. The van der Waals surface area contributed by atoms with Crippen LogP contribution in [0.15, 0.2) is 24.5 Å². The van der Waals surface area contributed by atoms with Gasteiger partial charge in [0.2, 0.25) is 0 Å². The maximum atomic E-state index is 4.89. The van der Waals surface area contributed by atoms with Gasteiger partial charge in [0.15, 0.2) is 0 Å². The van der Waals surface area contributed by atoms with E-state index in [4.69, 9.17) is 9.97 Å². The number of pyridine rings is 1. The van der Waals surface area contributed by atoms with Gasteiger partial charge < -0.3 is 9.80 Å². The zero-order valence-corrected chi connectivity index (χ0v) is 16.0. The lowest BCUT2D eigenvalue weighted by Crippen LogP contribution is -3.13. The van der Waals surface area contributed by atoms with E-state index in [2.05, 4.69) is 22.0 Å². The predicted octanol–water partition coefficient (Wildman–Crippen LogP) is 1.79. The van der Waals surface area contributed by atoms with Crippen LogP contribution in [0.4, 0.5) is 5.82 Å². The van der Waals surface area contributed by atoms with Crippen LogP contribution in [0.25, 0.3) is 10.2 Å². The molecule has 0 amide bonds. The van der Waals surface area contributed by atoms with Crippen LogP contribution in [-0.4, -0.2) is 41.1 Å². The van der Waals surface area contributed by atoms with Gasteiger partial charge >= 0.3 is 0 Å². The van der Waals surface area contributed by atoms with Gasteiger partial charge in [-0.3, -0.25) is 4.98 Å². The number of piperazine rings is 1. The fourth-order valence-electron chi connectivity index (χ4n) is 4.31. The van der Waals surface area contributed by atoms with Gasteiger partial charge in [-0.2, -0.15) is 0 Å². The maximum absolute atomic E-state index is 4.89. The van der Waals surface area contributed by atoms with Crippen molar-refractivity contribution in [2.45, 2.75) is 32.7 Å². The maximum Gasteiger partial charge on any atom is 0.141 e. The summed E-state index contributed by atoms with van der Waals surface area (Å²) in [5.74, 6) is 2.09. The fourth-order valence-corrected chi connectivity index (χ4v) is 5.61. The summed E-state index contributed by atoms with van der Waals surface area (Å²) in [6, 6.07) is 4.26. The first kappa shape index (κ1) is 16.1. The lowest BCUT2D eigenvalue weighted by molar-refractivity contribution is -0.914. The van der Waals surface area contributed by atoms with E-state index >= 15 is 0 Å². The molecule has 1 aliphatic heterocycles. The normalized spacial score (nSPS) is 17.8. The summed E-state index contributed by atoms with van der Waals surface area (Å²) in [5.41, 5.74) is 2.91. The number of fused-ring (bicyclic) bond motifs is 3. The van der Waals surface area contributed by atoms with Gasteiger partial charge in [-0.15, -0.1) is 11.3 Å². The van der Waals surface area contributed by atoms with Crippen LogP contribution < -0.4 is 9.80 Å². The molecule has 0 radical (unpaired) electrons. The highest BCUT2D eigenvalue weighted by molar-refractivity contribution is 7.19. The molecule has 3 aromatic heterocycles. The van der Waals surface area contributed by atoms with E-state index < -0.39 is 0 Å². The Bertz CT molecular complexity index is 928. The number of hydrogen-bond donors (Lipinski definition) is 1. The van der Waals surface area contributed by atoms with Gasteiger partial charge in [0, 0.05) is 22.8 Å². The van der Waals surface area contributed by atoms with Crippen molar-refractivity contribution in [1.82, 2.24) is 15.0 Å². The fraction of sp³-hybridized carbons (Fsp3) is 0.450. The molecule has 6 heteroatoms. The average Bonchev–Trinajstić information content (AvgIpc) is 3.23. The van der Waals surface area contributed by atoms with Crippen LogP contribution in [0.3, 0.4) is 0 Å². The predicted molar refractivity (Wildman–Crippen MR) is 105 cm³/mol. The van der Waals surface area contributed by atoms with E-state index in [0.29, 0.717) is 0 Å². The molecule has 5 rings (SSSR count). The van der Waals surface area contributed by atoms with Gasteiger partial charge in [-0.05, 0) is 43.9 Å². The number of rotatable bonds is 3. The van der Waals surface area contributed by atoms with Crippen molar-refractivity contribution in [2.75, 3.05) is 31.1 Å². The SMILES string of the molecule is Cc1nc(N2CC[NH+](Cc3ccncc3)CC2)c2c3c(sc2n1)CCC3. The topological polar surface area (TPSA) is 46.4 Å². The highest BCUT2D eigenvalue weighted by Gasteiger charge is 2.27. The Morgan fingerprint density at radius 2 is 1.92 bits per heavy atom. The number of thiophene rings is 1. The summed E-state index contributed by atoms with van der Waals surface area (Å²) < 4.78 is 0. The van der Waals surface area contributed by atoms with E-state index in [-0.39, 0.29) is 0 Å². The lowest BCUT2D eigenvalue weighted by atomic mass is 10.1. The Labute approximate surface area is 157 Å². The molecule has 26 heavy (non-hydrogen) atoms. The van der Waals surface area contributed by atoms with E-state index in [1.165, 1.54) is 46.4 Å². The molecular weight excluding hydrogens is 342 g/mol. The van der Waals surface area contributed by atoms with Crippen molar-refractivity contribution in [3.63, 3.8) is 0 Å². The zero-order chi connectivity index (χ0) is 17.5. The first-order chi connectivity index (χ1) is 12.8. The zero-order valence-electron chi connectivity index (χ0n) is 15.2. The van der Waals surface area contributed by atoms with Crippen molar-refractivity contribution in [3.05, 3.63) is 46.4 Å². The van der Waals surface area contributed by atoms with Gasteiger partial charge in [0.05, 0.1) is 31.6 Å². The molecule has 1 N–H and O–H groups in total. The Morgan fingerprint density at radius 3 is 2.73 bits per heavy atom. The minimum absolute atomic E-state index is 0.902. The molecule has 2 aliphatic rings. The van der Waals surface area contributed by atoms with Crippen molar-refractivity contribution < 1.29 is 4.90 Å². The molecule has 5 nitrogen and oxygen atoms in total. The summed E-state index contributed by atoms with van der Waals surface area (Å²) >= 11 is 1.89. The van der Waals surface area contributed by atoms with E-state index in [1.807, 2.05) is 30.7 Å². The summed E-state index contributed by atoms with van der Waals surface area (Å²) in [6.07, 6.45) is 7.49. The molecule has 0 atom stereocenters. The van der Waals surface area contributed by atoms with Crippen LogP contribution in [0.2, 0.25) is 0 Å². The largest absolute Gasteiger partial charge is 0.345 e. The molecule has 0 spiro atoms. The minimum Gasteiger partial charge on any atom is -0.345 e. The molecule has 1 aliphatic carbocycles. The van der Waals surface area contributed by atoms with Crippen molar-refractivity contribution in [3.8, 4) is 0 Å². The number of hydrogen-bond acceptors (Lipinski definition) is 5. The number of quaternary nitrogens is 1.